The number of thiazole rings is 1. The maximum absolute atomic E-state index is 13.9. The minimum atomic E-state index is -1.37. The minimum Gasteiger partial charge on any atom is -0.370 e. The average molecular weight is 755 g/mol. The van der Waals surface area contributed by atoms with Crippen molar-refractivity contribution >= 4 is 68.8 Å². The van der Waals surface area contributed by atoms with Gasteiger partial charge in [0.25, 0.3) is 0 Å². The van der Waals surface area contributed by atoms with E-state index in [2.05, 4.69) is 46.2 Å². The molecule has 0 fully saturated rings. The summed E-state index contributed by atoms with van der Waals surface area (Å²) >= 11 is 1.16. The summed E-state index contributed by atoms with van der Waals surface area (Å²) in [5.74, 6) is -4.25. The number of nitrogens with two attached hydrogens (primary N) is 5. The smallest absolute Gasteiger partial charge is 0.243 e. The number of Topliss-reactive ketones (excluding diaryl/α,β-unsaturated/α-hetero) is 1. The van der Waals surface area contributed by atoms with E-state index in [9.17, 15) is 28.8 Å². The Morgan fingerprint density at radius 1 is 0.774 bits per heavy atom. The standard InChI is InChI=1S/C32H46N14O6S/c1-17(47)42-21(8-5-13-40-32(36)37)27(50)45-23(14-18-15-38-16-41-18)29(52)44-22(10-11-25(33)48)28(51)43-20(7-4-12-39-31(34)35)26(49)30-46-19-6-2-3-9-24(19)53-30/h2-3,6,9,15-16,20-23H,4-5,7-8,10-14H2,1H3,(H2,33,48)(H,38,41)(H,42,47)(H,43,51)(H,44,52)(H,45,50)(H4,34,35,39)(H4,36,37,40)/t20-,21-,22-,23-/m0/s1. The van der Waals surface area contributed by atoms with E-state index >= 15 is 0 Å². The molecule has 0 saturated heterocycles. The number of carbonyl (C=O) groups is 6. The number of aliphatic imine (C=N–C) groups is 2. The van der Waals surface area contributed by atoms with Gasteiger partial charge in [-0.05, 0) is 44.2 Å². The summed E-state index contributed by atoms with van der Waals surface area (Å²) in [6, 6.07) is 2.35. The third kappa shape index (κ3) is 14.2. The number of nitrogens with zero attached hydrogens (tertiary/aromatic N) is 4. The van der Waals surface area contributed by atoms with Crippen molar-refractivity contribution in [3.8, 4) is 0 Å². The van der Waals surface area contributed by atoms with Crippen molar-refractivity contribution in [3.63, 3.8) is 0 Å². The normalized spacial score (nSPS) is 13.1. The predicted octanol–water partition coefficient (Wildman–Crippen LogP) is -2.22. The molecule has 3 rings (SSSR count). The van der Waals surface area contributed by atoms with Gasteiger partial charge in [-0.1, -0.05) is 12.1 Å². The second kappa shape index (κ2) is 20.7. The molecule has 0 bridgehead atoms. The Hall–Kier alpha value is -6.12. The number of H-pyrrole nitrogens is 1. The molecule has 21 heteroatoms. The number of rotatable bonds is 22. The molecule has 53 heavy (non-hydrogen) atoms. The van der Waals surface area contributed by atoms with Crippen molar-refractivity contribution in [3.05, 3.63) is 47.5 Å². The van der Waals surface area contributed by atoms with Crippen LogP contribution in [0.3, 0.4) is 0 Å². The maximum Gasteiger partial charge on any atom is 0.243 e. The lowest BCUT2D eigenvalue weighted by Gasteiger charge is -2.26. The summed E-state index contributed by atoms with van der Waals surface area (Å²) < 4.78 is 0.771. The fourth-order valence-corrected chi connectivity index (χ4v) is 6.07. The Morgan fingerprint density at radius 2 is 1.34 bits per heavy atom. The van der Waals surface area contributed by atoms with Gasteiger partial charge in [-0.25, -0.2) is 9.97 Å². The van der Waals surface area contributed by atoms with Gasteiger partial charge in [0, 0.05) is 44.7 Å². The number of nitrogens with one attached hydrogen (secondary N) is 5. The lowest BCUT2D eigenvalue weighted by molar-refractivity contribution is -0.134. The number of para-hydroxylation sites is 1. The van der Waals surface area contributed by atoms with Crippen LogP contribution in [0.1, 0.15) is 60.9 Å². The summed E-state index contributed by atoms with van der Waals surface area (Å²) in [5.41, 5.74) is 28.1. The van der Waals surface area contributed by atoms with Crippen molar-refractivity contribution < 1.29 is 28.8 Å². The highest BCUT2D eigenvalue weighted by molar-refractivity contribution is 7.20. The Kier molecular flexibility index (Phi) is 16.1. The van der Waals surface area contributed by atoms with Gasteiger partial charge in [0.05, 0.1) is 22.6 Å². The van der Waals surface area contributed by atoms with E-state index in [0.29, 0.717) is 24.1 Å². The van der Waals surface area contributed by atoms with Gasteiger partial charge in [-0.15, -0.1) is 11.3 Å². The van der Waals surface area contributed by atoms with Crippen molar-refractivity contribution in [2.24, 2.45) is 38.7 Å². The van der Waals surface area contributed by atoms with E-state index in [1.165, 1.54) is 19.4 Å². The van der Waals surface area contributed by atoms with Crippen LogP contribution in [0.25, 0.3) is 10.2 Å². The summed E-state index contributed by atoms with van der Waals surface area (Å²) in [4.78, 5) is 97.7. The van der Waals surface area contributed by atoms with Gasteiger partial charge >= 0.3 is 0 Å². The van der Waals surface area contributed by atoms with Crippen LogP contribution in [0.5, 0.6) is 0 Å². The summed E-state index contributed by atoms with van der Waals surface area (Å²) in [7, 11) is 0. The van der Waals surface area contributed by atoms with Crippen LogP contribution in [0.15, 0.2) is 46.8 Å². The zero-order valence-electron chi connectivity index (χ0n) is 29.2. The molecule has 286 valence electrons. The van der Waals surface area contributed by atoms with E-state index in [1.54, 1.807) is 12.1 Å². The van der Waals surface area contributed by atoms with E-state index in [4.69, 9.17) is 28.7 Å². The molecule has 2 aromatic heterocycles. The first-order chi connectivity index (χ1) is 25.2. The summed E-state index contributed by atoms with van der Waals surface area (Å²) in [6.07, 6.45) is 3.09. The number of ketones is 1. The number of hydrogen-bond acceptors (Lipinski definition) is 11. The molecule has 0 aliphatic heterocycles. The molecule has 20 nitrogen and oxygen atoms in total. The van der Waals surface area contributed by atoms with Gasteiger partial charge in [0.2, 0.25) is 35.3 Å². The molecule has 5 amide bonds. The van der Waals surface area contributed by atoms with E-state index in [1.807, 2.05) is 12.1 Å². The van der Waals surface area contributed by atoms with Gasteiger partial charge in [-0.3, -0.25) is 38.8 Å². The van der Waals surface area contributed by atoms with Crippen LogP contribution < -0.4 is 49.9 Å². The molecule has 1 aromatic carbocycles. The van der Waals surface area contributed by atoms with E-state index in [0.717, 1.165) is 16.0 Å². The number of imidazole rings is 1. The predicted molar refractivity (Wildman–Crippen MR) is 198 cm³/mol. The number of guanidine groups is 2. The number of benzene rings is 1. The number of amides is 5. The van der Waals surface area contributed by atoms with Crippen LogP contribution in [0, 0.1) is 0 Å². The van der Waals surface area contributed by atoms with Crippen LogP contribution in [-0.4, -0.2) is 99.4 Å². The molecule has 0 radical (unpaired) electrons. The van der Waals surface area contributed by atoms with Gasteiger partial charge in [-0.2, -0.15) is 0 Å². The lowest BCUT2D eigenvalue weighted by Crippen LogP contribution is -2.58. The highest BCUT2D eigenvalue weighted by Crippen LogP contribution is 2.23. The second-order valence-corrected chi connectivity index (χ2v) is 13.0. The summed E-state index contributed by atoms with van der Waals surface area (Å²) in [6.45, 7) is 1.60. The van der Waals surface area contributed by atoms with Crippen molar-refractivity contribution in [2.75, 3.05) is 13.1 Å². The van der Waals surface area contributed by atoms with Crippen LogP contribution in [0.2, 0.25) is 0 Å². The van der Waals surface area contributed by atoms with Crippen molar-refractivity contribution in [1.29, 1.82) is 0 Å². The Bertz CT molecular complexity index is 1750. The number of aromatic nitrogens is 3. The Labute approximate surface area is 308 Å². The first-order valence-electron chi connectivity index (χ1n) is 16.7. The molecule has 0 saturated carbocycles. The lowest BCUT2D eigenvalue weighted by atomic mass is 10.0. The highest BCUT2D eigenvalue weighted by atomic mass is 32.1. The Morgan fingerprint density at radius 3 is 1.91 bits per heavy atom. The van der Waals surface area contributed by atoms with Crippen molar-refractivity contribution in [2.45, 2.75) is 76.0 Å². The topological polar surface area (TPSA) is 347 Å². The van der Waals surface area contributed by atoms with Crippen LogP contribution in [-0.2, 0) is 30.4 Å². The molecule has 0 unspecified atom stereocenters. The number of hydrogen-bond donors (Lipinski definition) is 10. The SMILES string of the molecule is CC(=O)N[C@@H](CCCN=C(N)N)C(=O)N[C@@H](Cc1cnc[nH]1)C(=O)N[C@@H](CCC(N)=O)C(=O)N[C@@H](CCCN=C(N)N)C(=O)c1nc2ccccc2s1. The molecule has 4 atom stereocenters. The molecule has 0 spiro atoms. The molecule has 0 aliphatic rings. The third-order valence-corrected chi connectivity index (χ3v) is 8.70. The van der Waals surface area contributed by atoms with Crippen LogP contribution >= 0.6 is 11.3 Å². The Balaban J connectivity index is 1.85. The highest BCUT2D eigenvalue weighted by Gasteiger charge is 2.32. The molecule has 3 aromatic rings. The molecule has 0 aliphatic carbocycles. The number of primary amides is 1. The fraction of sp³-hybridized carbons (Fsp3) is 0.438. The van der Waals surface area contributed by atoms with Crippen LogP contribution in [0.4, 0.5) is 0 Å². The van der Waals surface area contributed by atoms with Gasteiger partial charge in [0.15, 0.2) is 16.9 Å². The number of carbonyl (C=O) groups excluding carboxylic acids is 6. The summed E-state index contributed by atoms with van der Waals surface area (Å²) in [5, 5.41) is 10.7. The quantitative estimate of drug-likeness (QED) is 0.0226. The number of aromatic amines is 1. The van der Waals surface area contributed by atoms with E-state index < -0.39 is 59.5 Å². The third-order valence-electron chi connectivity index (χ3n) is 7.65. The number of fused-ring (bicyclic) bond motifs is 1. The zero-order chi connectivity index (χ0) is 38.9. The first kappa shape index (κ1) is 41.3. The first-order valence-corrected chi connectivity index (χ1v) is 17.5. The molecule has 2 heterocycles. The molecular weight excluding hydrogens is 709 g/mol. The maximum atomic E-state index is 13.9. The van der Waals surface area contributed by atoms with E-state index in [-0.39, 0.29) is 62.1 Å². The molecular formula is C32H46N14O6S. The second-order valence-electron chi connectivity index (χ2n) is 12.0. The minimum absolute atomic E-state index is 0.0912. The largest absolute Gasteiger partial charge is 0.370 e. The molecule has 15 N–H and O–H groups in total. The fourth-order valence-electron chi connectivity index (χ4n) is 5.11. The van der Waals surface area contributed by atoms with Gasteiger partial charge < -0.3 is 54.9 Å². The monoisotopic (exact) mass is 754 g/mol. The van der Waals surface area contributed by atoms with Crippen molar-refractivity contribution in [1.82, 2.24) is 36.2 Å². The zero-order valence-corrected chi connectivity index (χ0v) is 30.0. The van der Waals surface area contributed by atoms with Gasteiger partial charge in [0.1, 0.15) is 18.1 Å². The average Bonchev–Trinajstić information content (AvgIpc) is 3.78.